The van der Waals surface area contributed by atoms with Gasteiger partial charge in [-0.15, -0.1) is 11.3 Å². The summed E-state index contributed by atoms with van der Waals surface area (Å²) in [6.45, 7) is 1.63. The van der Waals surface area contributed by atoms with Gasteiger partial charge in [0.15, 0.2) is 0 Å². The van der Waals surface area contributed by atoms with Gasteiger partial charge in [-0.3, -0.25) is 4.72 Å². The number of aliphatic hydroxyl groups is 1. The van der Waals surface area contributed by atoms with Gasteiger partial charge in [0.2, 0.25) is 0 Å². The summed E-state index contributed by atoms with van der Waals surface area (Å²) in [6.07, 6.45) is 0. The van der Waals surface area contributed by atoms with Crippen molar-refractivity contribution in [3.8, 4) is 0 Å². The van der Waals surface area contributed by atoms with Crippen LogP contribution < -0.4 is 4.72 Å². The third-order valence-corrected chi connectivity index (χ3v) is 6.28. The fourth-order valence-corrected chi connectivity index (χ4v) is 4.56. The van der Waals surface area contributed by atoms with Gasteiger partial charge in [-0.05, 0) is 46.6 Å². The molecule has 0 amide bonds. The summed E-state index contributed by atoms with van der Waals surface area (Å²) in [4.78, 5) is 0.660. The van der Waals surface area contributed by atoms with Crippen molar-refractivity contribution in [2.24, 2.45) is 0 Å². The standard InChI is InChI=1S/C12H12BrNO3S2/c1-8-6-12(18-11(8)7-15)19(16,17)14-10-5-3-2-4-9(10)13/h2-6,14-15H,7H2,1H3. The number of aryl methyl sites for hydroxylation is 1. The fourth-order valence-electron chi connectivity index (χ4n) is 1.52. The molecule has 0 fully saturated rings. The molecule has 2 aromatic rings. The number of hydrogen-bond donors (Lipinski definition) is 2. The lowest BCUT2D eigenvalue weighted by molar-refractivity contribution is 0.285. The van der Waals surface area contributed by atoms with Gasteiger partial charge < -0.3 is 5.11 Å². The Hall–Kier alpha value is -0.890. The molecule has 0 saturated heterocycles. The number of sulfonamides is 1. The molecule has 7 heteroatoms. The predicted octanol–water partition coefficient (Wildman–Crippen LogP) is 3.11. The zero-order valence-corrected chi connectivity index (χ0v) is 13.3. The van der Waals surface area contributed by atoms with Crippen molar-refractivity contribution in [1.82, 2.24) is 0 Å². The Morgan fingerprint density at radius 1 is 1.37 bits per heavy atom. The summed E-state index contributed by atoms with van der Waals surface area (Å²) < 4.78 is 27.9. The minimum Gasteiger partial charge on any atom is -0.391 e. The second-order valence-electron chi connectivity index (χ2n) is 3.92. The number of rotatable bonds is 4. The second-order valence-corrected chi connectivity index (χ2v) is 7.82. The van der Waals surface area contributed by atoms with Crippen LogP contribution in [-0.4, -0.2) is 13.5 Å². The highest BCUT2D eigenvalue weighted by Gasteiger charge is 2.19. The van der Waals surface area contributed by atoms with Gasteiger partial charge in [-0.25, -0.2) is 8.42 Å². The number of aliphatic hydroxyl groups excluding tert-OH is 1. The van der Waals surface area contributed by atoms with E-state index in [-0.39, 0.29) is 10.8 Å². The van der Waals surface area contributed by atoms with E-state index in [0.29, 0.717) is 15.0 Å². The molecule has 19 heavy (non-hydrogen) atoms. The molecule has 2 rings (SSSR count). The second kappa shape index (κ2) is 5.62. The topological polar surface area (TPSA) is 66.4 Å². The minimum absolute atomic E-state index is 0.152. The van der Waals surface area contributed by atoms with Crippen LogP contribution in [0.5, 0.6) is 0 Å². The van der Waals surface area contributed by atoms with E-state index >= 15 is 0 Å². The highest BCUT2D eigenvalue weighted by atomic mass is 79.9. The normalized spacial score (nSPS) is 11.5. The number of para-hydroxylation sites is 1. The molecule has 0 unspecified atom stereocenters. The molecule has 0 aliphatic rings. The monoisotopic (exact) mass is 361 g/mol. The van der Waals surface area contributed by atoms with Gasteiger partial charge in [0, 0.05) is 9.35 Å². The van der Waals surface area contributed by atoms with Crippen LogP contribution >= 0.6 is 27.3 Å². The molecule has 1 heterocycles. The van der Waals surface area contributed by atoms with Gasteiger partial charge in [-0.2, -0.15) is 0 Å². The minimum atomic E-state index is -3.62. The lowest BCUT2D eigenvalue weighted by atomic mass is 10.3. The first-order valence-corrected chi connectivity index (χ1v) is 8.51. The Labute approximate surface area is 124 Å². The van der Waals surface area contributed by atoms with Crippen molar-refractivity contribution in [1.29, 1.82) is 0 Å². The van der Waals surface area contributed by atoms with Crippen molar-refractivity contribution in [2.45, 2.75) is 17.7 Å². The average Bonchev–Trinajstić information content (AvgIpc) is 2.74. The molecule has 0 saturated carbocycles. The van der Waals surface area contributed by atoms with Crippen LogP contribution in [0.3, 0.4) is 0 Å². The summed E-state index contributed by atoms with van der Waals surface area (Å²) in [5, 5.41) is 9.12. The number of thiophene rings is 1. The van der Waals surface area contributed by atoms with Crippen LogP contribution in [0.1, 0.15) is 10.4 Å². The Balaban J connectivity index is 2.35. The van der Waals surface area contributed by atoms with E-state index in [1.807, 2.05) is 0 Å². The van der Waals surface area contributed by atoms with Gasteiger partial charge in [0.05, 0.1) is 12.3 Å². The molecule has 1 aromatic heterocycles. The van der Waals surface area contributed by atoms with E-state index in [2.05, 4.69) is 20.7 Å². The third-order valence-electron chi connectivity index (χ3n) is 2.52. The van der Waals surface area contributed by atoms with Crippen LogP contribution in [0.25, 0.3) is 0 Å². The summed E-state index contributed by atoms with van der Waals surface area (Å²) in [5.74, 6) is 0. The van der Waals surface area contributed by atoms with E-state index in [1.165, 1.54) is 0 Å². The maximum absolute atomic E-state index is 12.2. The molecule has 0 atom stereocenters. The number of anilines is 1. The van der Waals surface area contributed by atoms with Gasteiger partial charge in [-0.1, -0.05) is 12.1 Å². The molecule has 0 aliphatic heterocycles. The number of halogens is 1. The maximum Gasteiger partial charge on any atom is 0.271 e. The average molecular weight is 362 g/mol. The fraction of sp³-hybridized carbons (Fsp3) is 0.167. The SMILES string of the molecule is Cc1cc(S(=O)(=O)Nc2ccccc2Br)sc1CO. The lowest BCUT2D eigenvalue weighted by Crippen LogP contribution is -2.11. The van der Waals surface area contributed by atoms with E-state index < -0.39 is 10.0 Å². The van der Waals surface area contributed by atoms with Crippen LogP contribution in [-0.2, 0) is 16.6 Å². The van der Waals surface area contributed by atoms with Crippen LogP contribution in [0.2, 0.25) is 0 Å². The van der Waals surface area contributed by atoms with Crippen molar-refractivity contribution in [3.05, 3.63) is 45.2 Å². The Morgan fingerprint density at radius 2 is 2.05 bits per heavy atom. The van der Waals surface area contributed by atoms with Gasteiger partial charge in [0.1, 0.15) is 4.21 Å². The van der Waals surface area contributed by atoms with Crippen LogP contribution in [0, 0.1) is 6.92 Å². The van der Waals surface area contributed by atoms with E-state index in [0.717, 1.165) is 16.9 Å². The first-order valence-electron chi connectivity index (χ1n) is 5.41. The highest BCUT2D eigenvalue weighted by Crippen LogP contribution is 2.29. The summed E-state index contributed by atoms with van der Waals surface area (Å²) in [5.41, 5.74) is 1.26. The molecular weight excluding hydrogens is 350 g/mol. The first kappa shape index (κ1) is 14.5. The van der Waals surface area contributed by atoms with Crippen LogP contribution in [0.15, 0.2) is 39.0 Å². The van der Waals surface area contributed by atoms with E-state index in [1.54, 1.807) is 37.3 Å². The molecular formula is C12H12BrNO3S2. The van der Waals surface area contributed by atoms with Crippen molar-refractivity contribution in [2.75, 3.05) is 4.72 Å². The Morgan fingerprint density at radius 3 is 2.63 bits per heavy atom. The molecule has 0 bridgehead atoms. The first-order chi connectivity index (χ1) is 8.94. The maximum atomic E-state index is 12.2. The summed E-state index contributed by atoms with van der Waals surface area (Å²) in [7, 11) is -3.62. The van der Waals surface area contributed by atoms with E-state index in [4.69, 9.17) is 5.11 Å². The Kier molecular flexibility index (Phi) is 4.29. The van der Waals surface area contributed by atoms with Gasteiger partial charge in [0.25, 0.3) is 10.0 Å². The number of nitrogens with one attached hydrogen (secondary N) is 1. The number of hydrogen-bond acceptors (Lipinski definition) is 4. The van der Waals surface area contributed by atoms with Crippen molar-refractivity contribution in [3.63, 3.8) is 0 Å². The number of benzene rings is 1. The highest BCUT2D eigenvalue weighted by molar-refractivity contribution is 9.10. The lowest BCUT2D eigenvalue weighted by Gasteiger charge is -2.07. The molecule has 0 radical (unpaired) electrons. The molecule has 0 aliphatic carbocycles. The predicted molar refractivity (Wildman–Crippen MR) is 79.9 cm³/mol. The molecule has 4 nitrogen and oxygen atoms in total. The van der Waals surface area contributed by atoms with Crippen LogP contribution in [0.4, 0.5) is 5.69 Å². The van der Waals surface area contributed by atoms with E-state index in [9.17, 15) is 8.42 Å². The quantitative estimate of drug-likeness (QED) is 0.878. The smallest absolute Gasteiger partial charge is 0.271 e. The Bertz CT molecular complexity index is 695. The summed E-state index contributed by atoms with van der Waals surface area (Å²) in [6, 6.07) is 8.56. The molecule has 2 N–H and O–H groups in total. The molecule has 102 valence electrons. The van der Waals surface area contributed by atoms with Crippen molar-refractivity contribution < 1.29 is 13.5 Å². The summed E-state index contributed by atoms with van der Waals surface area (Å²) >= 11 is 4.37. The molecule has 0 spiro atoms. The zero-order chi connectivity index (χ0) is 14.0. The third kappa shape index (κ3) is 3.17. The largest absolute Gasteiger partial charge is 0.391 e. The van der Waals surface area contributed by atoms with Gasteiger partial charge >= 0.3 is 0 Å². The molecule has 1 aromatic carbocycles. The van der Waals surface area contributed by atoms with Crippen molar-refractivity contribution >= 4 is 43.0 Å². The zero-order valence-electron chi connectivity index (χ0n) is 10.1.